The summed E-state index contributed by atoms with van der Waals surface area (Å²) in [5.74, 6) is 0.854. The molecule has 1 aliphatic carbocycles. The van der Waals surface area contributed by atoms with Gasteiger partial charge >= 0.3 is 0 Å². The fourth-order valence-electron chi connectivity index (χ4n) is 3.94. The van der Waals surface area contributed by atoms with Crippen LogP contribution in [0.4, 0.5) is 0 Å². The highest BCUT2D eigenvalue weighted by atomic mass is 15.0. The molecule has 1 saturated carbocycles. The molecule has 0 spiro atoms. The van der Waals surface area contributed by atoms with E-state index in [2.05, 4.69) is 41.8 Å². The van der Waals surface area contributed by atoms with Crippen molar-refractivity contribution < 1.29 is 0 Å². The van der Waals surface area contributed by atoms with Crippen LogP contribution >= 0.6 is 0 Å². The molecule has 1 saturated heterocycles. The smallest absolute Gasteiger partial charge is 0.0208 e. The van der Waals surface area contributed by atoms with Crippen molar-refractivity contribution in [3.05, 3.63) is 35.4 Å². The van der Waals surface area contributed by atoms with Gasteiger partial charge in [-0.05, 0) is 55.7 Å². The van der Waals surface area contributed by atoms with Gasteiger partial charge in [0, 0.05) is 18.6 Å². The lowest BCUT2D eigenvalue weighted by Crippen LogP contribution is -2.41. The van der Waals surface area contributed by atoms with Crippen molar-refractivity contribution >= 4 is 0 Å². The fourth-order valence-corrected chi connectivity index (χ4v) is 3.94. The molecule has 0 aromatic heterocycles. The molecule has 1 aromatic rings. The summed E-state index contributed by atoms with van der Waals surface area (Å²) in [6.07, 6.45) is 8.04. The zero-order valence-corrected chi connectivity index (χ0v) is 12.7. The van der Waals surface area contributed by atoms with Crippen molar-refractivity contribution in [2.75, 3.05) is 6.54 Å². The van der Waals surface area contributed by atoms with E-state index in [9.17, 15) is 0 Å². The second-order valence-corrected chi connectivity index (χ2v) is 6.46. The minimum atomic E-state index is 0.719. The largest absolute Gasteiger partial charge is 0.314 e. The Labute approximate surface area is 123 Å². The lowest BCUT2D eigenvalue weighted by molar-refractivity contribution is 0.320. The molecule has 1 aromatic carbocycles. The van der Waals surface area contributed by atoms with Crippen LogP contribution in [-0.2, 0) is 13.0 Å². The third-order valence-corrected chi connectivity index (χ3v) is 5.18. The van der Waals surface area contributed by atoms with Crippen LogP contribution in [0.2, 0.25) is 0 Å². The summed E-state index contributed by atoms with van der Waals surface area (Å²) in [5, 5.41) is 7.52. The molecule has 0 radical (unpaired) electrons. The van der Waals surface area contributed by atoms with Crippen LogP contribution in [0.15, 0.2) is 24.3 Å². The summed E-state index contributed by atoms with van der Waals surface area (Å²) >= 11 is 0. The quantitative estimate of drug-likeness (QED) is 0.860. The number of nitrogens with one attached hydrogen (secondary N) is 2. The Morgan fingerprint density at radius 1 is 1.05 bits per heavy atom. The van der Waals surface area contributed by atoms with Crippen molar-refractivity contribution in [2.24, 2.45) is 5.92 Å². The maximum Gasteiger partial charge on any atom is 0.0208 e. The van der Waals surface area contributed by atoms with Gasteiger partial charge in [0.15, 0.2) is 0 Å². The first-order chi connectivity index (χ1) is 9.86. The Kier molecular flexibility index (Phi) is 4.74. The van der Waals surface area contributed by atoms with Gasteiger partial charge < -0.3 is 10.6 Å². The van der Waals surface area contributed by atoms with Crippen LogP contribution in [0.5, 0.6) is 0 Å². The van der Waals surface area contributed by atoms with Gasteiger partial charge in [0.05, 0.1) is 0 Å². The van der Waals surface area contributed by atoms with Gasteiger partial charge in [-0.3, -0.25) is 0 Å². The molecule has 1 heterocycles. The third kappa shape index (κ3) is 3.24. The highest BCUT2D eigenvalue weighted by Crippen LogP contribution is 2.32. The van der Waals surface area contributed by atoms with Crippen LogP contribution in [0, 0.1) is 5.92 Å². The minimum absolute atomic E-state index is 0.719. The molecule has 2 N–H and O–H groups in total. The highest BCUT2D eigenvalue weighted by Gasteiger charge is 2.34. The Hall–Kier alpha value is -0.860. The molecular formula is C18H28N2. The van der Waals surface area contributed by atoms with E-state index in [4.69, 9.17) is 0 Å². The molecule has 3 unspecified atom stereocenters. The van der Waals surface area contributed by atoms with Crippen LogP contribution < -0.4 is 10.6 Å². The number of rotatable bonds is 5. The zero-order chi connectivity index (χ0) is 13.8. The van der Waals surface area contributed by atoms with Gasteiger partial charge in [0.2, 0.25) is 0 Å². The molecule has 2 fully saturated rings. The van der Waals surface area contributed by atoms with Crippen LogP contribution in [0.25, 0.3) is 0 Å². The topological polar surface area (TPSA) is 24.1 Å². The molecule has 3 rings (SSSR count). The van der Waals surface area contributed by atoms with Gasteiger partial charge in [-0.15, -0.1) is 0 Å². The molecule has 2 heteroatoms. The van der Waals surface area contributed by atoms with E-state index >= 15 is 0 Å². The van der Waals surface area contributed by atoms with E-state index in [1.807, 2.05) is 0 Å². The number of hydrogen-bond acceptors (Lipinski definition) is 2. The van der Waals surface area contributed by atoms with E-state index in [1.165, 1.54) is 49.8 Å². The number of hydrogen-bond donors (Lipinski definition) is 2. The number of aryl methyl sites for hydroxylation is 1. The summed E-state index contributed by atoms with van der Waals surface area (Å²) in [5.41, 5.74) is 2.86. The second-order valence-electron chi connectivity index (χ2n) is 6.46. The van der Waals surface area contributed by atoms with Crippen molar-refractivity contribution in [3.63, 3.8) is 0 Å². The maximum atomic E-state index is 3.82. The Bertz CT molecular complexity index is 406. The van der Waals surface area contributed by atoms with Crippen LogP contribution in [0.1, 0.15) is 50.2 Å². The molecule has 2 nitrogen and oxygen atoms in total. The average Bonchev–Trinajstić information content (AvgIpc) is 3.16. The molecular weight excluding hydrogens is 244 g/mol. The fraction of sp³-hybridized carbons (Fsp3) is 0.667. The van der Waals surface area contributed by atoms with Crippen LogP contribution in [-0.4, -0.2) is 18.6 Å². The minimum Gasteiger partial charge on any atom is -0.314 e. The summed E-state index contributed by atoms with van der Waals surface area (Å²) in [4.78, 5) is 0. The van der Waals surface area contributed by atoms with Gasteiger partial charge in [-0.1, -0.05) is 37.6 Å². The van der Waals surface area contributed by atoms with E-state index < -0.39 is 0 Å². The van der Waals surface area contributed by atoms with Crippen LogP contribution in [0.3, 0.4) is 0 Å². The molecule has 20 heavy (non-hydrogen) atoms. The van der Waals surface area contributed by atoms with Crippen molar-refractivity contribution in [3.8, 4) is 0 Å². The standard InChI is InChI=1S/C18H28N2/c1-2-14-8-10-15(11-9-14)13-20-18-6-3-5-16(18)17-7-4-12-19-17/h8-11,16-20H,2-7,12-13H2,1H3. The first kappa shape index (κ1) is 14.1. The van der Waals surface area contributed by atoms with E-state index in [0.29, 0.717) is 0 Å². The Balaban J connectivity index is 1.53. The SMILES string of the molecule is CCc1ccc(CNC2CCCC2C2CCCN2)cc1. The first-order valence-corrected chi connectivity index (χ1v) is 8.41. The predicted molar refractivity (Wildman–Crippen MR) is 84.8 cm³/mol. The van der Waals surface area contributed by atoms with Gasteiger partial charge in [-0.2, -0.15) is 0 Å². The Morgan fingerprint density at radius 3 is 2.55 bits per heavy atom. The normalized spacial score (nSPS) is 29.9. The monoisotopic (exact) mass is 272 g/mol. The molecule has 1 aliphatic heterocycles. The molecule has 110 valence electrons. The summed E-state index contributed by atoms with van der Waals surface area (Å²) in [7, 11) is 0. The van der Waals surface area contributed by atoms with E-state index in [1.54, 1.807) is 0 Å². The highest BCUT2D eigenvalue weighted by molar-refractivity contribution is 5.22. The lowest BCUT2D eigenvalue weighted by Gasteiger charge is -2.26. The van der Waals surface area contributed by atoms with Gasteiger partial charge in [-0.25, -0.2) is 0 Å². The summed E-state index contributed by atoms with van der Waals surface area (Å²) in [6.45, 7) is 4.47. The molecule has 2 aliphatic rings. The Morgan fingerprint density at radius 2 is 1.85 bits per heavy atom. The van der Waals surface area contributed by atoms with E-state index in [0.717, 1.165) is 31.0 Å². The lowest BCUT2D eigenvalue weighted by atomic mass is 9.93. The van der Waals surface area contributed by atoms with Crippen molar-refractivity contribution in [2.45, 2.75) is 64.1 Å². The zero-order valence-electron chi connectivity index (χ0n) is 12.7. The molecule has 0 amide bonds. The average molecular weight is 272 g/mol. The van der Waals surface area contributed by atoms with Gasteiger partial charge in [0.1, 0.15) is 0 Å². The van der Waals surface area contributed by atoms with Gasteiger partial charge in [0.25, 0.3) is 0 Å². The van der Waals surface area contributed by atoms with E-state index in [-0.39, 0.29) is 0 Å². The third-order valence-electron chi connectivity index (χ3n) is 5.18. The molecule has 3 atom stereocenters. The summed E-state index contributed by atoms with van der Waals surface area (Å²) in [6, 6.07) is 10.6. The first-order valence-electron chi connectivity index (χ1n) is 8.41. The second kappa shape index (κ2) is 6.73. The summed E-state index contributed by atoms with van der Waals surface area (Å²) < 4.78 is 0. The maximum absolute atomic E-state index is 3.82. The van der Waals surface area contributed by atoms with Crippen molar-refractivity contribution in [1.82, 2.24) is 10.6 Å². The van der Waals surface area contributed by atoms with Crippen molar-refractivity contribution in [1.29, 1.82) is 0 Å². The number of benzene rings is 1. The predicted octanol–water partition coefficient (Wildman–Crippen LogP) is 3.26. The molecule has 0 bridgehead atoms.